The summed E-state index contributed by atoms with van der Waals surface area (Å²) in [7, 11) is 1.56. The van der Waals surface area contributed by atoms with E-state index in [0.717, 1.165) is 0 Å². The Balaban J connectivity index is 1.86. The highest BCUT2D eigenvalue weighted by Gasteiger charge is 2.34. The summed E-state index contributed by atoms with van der Waals surface area (Å²) in [6.07, 6.45) is 0.549. The zero-order valence-corrected chi connectivity index (χ0v) is 13.1. The summed E-state index contributed by atoms with van der Waals surface area (Å²) in [6.45, 7) is 1.21. The molecule has 1 aliphatic heterocycles. The number of carbonyl (C=O) groups excluding carboxylic acids is 2. The molecule has 1 N–H and O–H groups in total. The second kappa shape index (κ2) is 8.12. The molecule has 120 valence electrons. The maximum atomic E-state index is 12.4. The second-order valence-corrected chi connectivity index (χ2v) is 5.30. The molecular formula is C15H19ClN2O4. The number of benzene rings is 1. The summed E-state index contributed by atoms with van der Waals surface area (Å²) in [5.74, 6) is -0.464. The van der Waals surface area contributed by atoms with Crippen LogP contribution in [0.5, 0.6) is 0 Å². The fourth-order valence-electron chi connectivity index (χ4n) is 2.27. The van der Waals surface area contributed by atoms with Crippen LogP contribution in [-0.2, 0) is 19.1 Å². The first-order valence-electron chi connectivity index (χ1n) is 7.05. The van der Waals surface area contributed by atoms with Crippen molar-refractivity contribution in [2.45, 2.75) is 12.5 Å². The fourth-order valence-corrected chi connectivity index (χ4v) is 2.50. The van der Waals surface area contributed by atoms with Crippen LogP contribution in [-0.4, -0.2) is 51.3 Å². The van der Waals surface area contributed by atoms with Crippen LogP contribution < -0.4 is 10.2 Å². The average molecular weight is 327 g/mol. The number of nitrogens with zero attached hydrogens (tertiary/aromatic N) is 1. The van der Waals surface area contributed by atoms with Crippen molar-refractivity contribution in [1.82, 2.24) is 5.32 Å². The van der Waals surface area contributed by atoms with Crippen LogP contribution in [0, 0.1) is 0 Å². The fraction of sp³-hybridized carbons (Fsp3) is 0.467. The van der Waals surface area contributed by atoms with Crippen molar-refractivity contribution >= 4 is 29.1 Å². The topological polar surface area (TPSA) is 67.9 Å². The van der Waals surface area contributed by atoms with E-state index in [0.29, 0.717) is 36.9 Å². The van der Waals surface area contributed by atoms with Gasteiger partial charge in [-0.2, -0.15) is 0 Å². The SMILES string of the molecule is COCCOCC(=O)NC1CCN(c2ccccc2Cl)C1=O. The van der Waals surface area contributed by atoms with Crippen LogP contribution in [0.4, 0.5) is 5.69 Å². The van der Waals surface area contributed by atoms with E-state index >= 15 is 0 Å². The lowest BCUT2D eigenvalue weighted by molar-refractivity contribution is -0.130. The molecule has 0 radical (unpaired) electrons. The first-order chi connectivity index (χ1) is 10.6. The molecule has 1 unspecified atom stereocenters. The molecule has 0 aromatic heterocycles. The van der Waals surface area contributed by atoms with Crippen molar-refractivity contribution < 1.29 is 19.1 Å². The van der Waals surface area contributed by atoms with E-state index in [9.17, 15) is 9.59 Å². The van der Waals surface area contributed by atoms with Crippen molar-refractivity contribution in [1.29, 1.82) is 0 Å². The molecule has 7 heteroatoms. The van der Waals surface area contributed by atoms with Crippen LogP contribution in [0.1, 0.15) is 6.42 Å². The van der Waals surface area contributed by atoms with Crippen LogP contribution in [0.25, 0.3) is 0 Å². The van der Waals surface area contributed by atoms with Gasteiger partial charge in [0, 0.05) is 13.7 Å². The van der Waals surface area contributed by atoms with Crippen LogP contribution >= 0.6 is 11.6 Å². The quantitative estimate of drug-likeness (QED) is 0.765. The Kier molecular flexibility index (Phi) is 6.18. The van der Waals surface area contributed by atoms with Gasteiger partial charge in [-0.3, -0.25) is 9.59 Å². The van der Waals surface area contributed by atoms with E-state index in [1.807, 2.05) is 12.1 Å². The van der Waals surface area contributed by atoms with E-state index in [-0.39, 0.29) is 18.4 Å². The first kappa shape index (κ1) is 16.7. The third kappa shape index (κ3) is 4.19. The zero-order valence-electron chi connectivity index (χ0n) is 12.4. The van der Waals surface area contributed by atoms with Crippen LogP contribution in [0.15, 0.2) is 24.3 Å². The lowest BCUT2D eigenvalue weighted by atomic mass is 10.2. The van der Waals surface area contributed by atoms with Gasteiger partial charge in [0.05, 0.1) is 23.9 Å². The minimum absolute atomic E-state index is 0.0841. The maximum absolute atomic E-state index is 12.4. The van der Waals surface area contributed by atoms with Crippen LogP contribution in [0.2, 0.25) is 5.02 Å². The zero-order chi connectivity index (χ0) is 15.9. The predicted molar refractivity (Wildman–Crippen MR) is 83.0 cm³/mol. The van der Waals surface area contributed by atoms with Gasteiger partial charge in [-0.15, -0.1) is 0 Å². The highest BCUT2D eigenvalue weighted by atomic mass is 35.5. The molecule has 2 amide bonds. The van der Waals surface area contributed by atoms with Gasteiger partial charge >= 0.3 is 0 Å². The van der Waals surface area contributed by atoms with Crippen molar-refractivity contribution in [2.24, 2.45) is 0 Å². The molecule has 1 aromatic carbocycles. The van der Waals surface area contributed by atoms with Crippen molar-refractivity contribution in [3.8, 4) is 0 Å². The van der Waals surface area contributed by atoms with Gasteiger partial charge in [-0.25, -0.2) is 0 Å². The molecular weight excluding hydrogens is 308 g/mol. The molecule has 2 rings (SSSR count). The van der Waals surface area contributed by atoms with E-state index in [1.165, 1.54) is 0 Å². The molecule has 6 nitrogen and oxygen atoms in total. The predicted octanol–water partition coefficient (Wildman–Crippen LogP) is 1.22. The van der Waals surface area contributed by atoms with Crippen LogP contribution in [0.3, 0.4) is 0 Å². The van der Waals surface area contributed by atoms with Gasteiger partial charge in [-0.05, 0) is 18.6 Å². The van der Waals surface area contributed by atoms with Crippen molar-refractivity contribution in [2.75, 3.05) is 38.4 Å². The number of hydrogen-bond acceptors (Lipinski definition) is 4. The second-order valence-electron chi connectivity index (χ2n) is 4.90. The van der Waals surface area contributed by atoms with E-state index in [4.69, 9.17) is 21.1 Å². The van der Waals surface area contributed by atoms with Crippen molar-refractivity contribution in [3.05, 3.63) is 29.3 Å². The summed E-state index contributed by atoms with van der Waals surface area (Å²) < 4.78 is 9.95. The highest BCUT2D eigenvalue weighted by molar-refractivity contribution is 6.34. The van der Waals surface area contributed by atoms with Gasteiger partial charge in [-0.1, -0.05) is 23.7 Å². The minimum atomic E-state index is -0.533. The average Bonchev–Trinajstić information content (AvgIpc) is 2.85. The van der Waals surface area contributed by atoms with E-state index in [2.05, 4.69) is 5.32 Å². The molecule has 22 heavy (non-hydrogen) atoms. The monoisotopic (exact) mass is 326 g/mol. The summed E-state index contributed by atoms with van der Waals surface area (Å²) >= 11 is 6.11. The summed E-state index contributed by atoms with van der Waals surface area (Å²) in [5, 5.41) is 3.20. The molecule has 1 aromatic rings. The molecule has 0 spiro atoms. The normalized spacial score (nSPS) is 17.8. The Morgan fingerprint density at radius 1 is 1.41 bits per heavy atom. The first-order valence-corrected chi connectivity index (χ1v) is 7.43. The van der Waals surface area contributed by atoms with Gasteiger partial charge in [0.15, 0.2) is 0 Å². The Morgan fingerprint density at radius 3 is 2.91 bits per heavy atom. The number of amides is 2. The third-order valence-corrected chi connectivity index (χ3v) is 3.67. The lowest BCUT2D eigenvalue weighted by Crippen LogP contribution is -2.43. The lowest BCUT2D eigenvalue weighted by Gasteiger charge is -2.18. The summed E-state index contributed by atoms with van der Waals surface area (Å²) in [6, 6.07) is 6.63. The van der Waals surface area contributed by atoms with E-state index < -0.39 is 6.04 Å². The number of carbonyl (C=O) groups is 2. The molecule has 0 aliphatic carbocycles. The van der Waals surface area contributed by atoms with E-state index in [1.54, 1.807) is 24.1 Å². The maximum Gasteiger partial charge on any atom is 0.249 e. The summed E-state index contributed by atoms with van der Waals surface area (Å²) in [4.78, 5) is 25.7. The van der Waals surface area contributed by atoms with Gasteiger partial charge in [0.25, 0.3) is 0 Å². The third-order valence-electron chi connectivity index (χ3n) is 3.35. The Hall–Kier alpha value is -1.63. The highest BCUT2D eigenvalue weighted by Crippen LogP contribution is 2.28. The number of nitrogens with one attached hydrogen (secondary N) is 1. The van der Waals surface area contributed by atoms with Gasteiger partial charge in [0.2, 0.25) is 11.8 Å². The molecule has 0 saturated carbocycles. The Bertz CT molecular complexity index is 538. The number of anilines is 1. The standard InChI is InChI=1S/C15H19ClN2O4/c1-21-8-9-22-10-14(19)17-12-6-7-18(15(12)20)13-5-3-2-4-11(13)16/h2-5,12H,6-10H2,1H3,(H,17,19). The number of methoxy groups -OCH3 is 1. The molecule has 1 fully saturated rings. The number of halogens is 1. The Morgan fingerprint density at radius 2 is 2.18 bits per heavy atom. The number of hydrogen-bond donors (Lipinski definition) is 1. The van der Waals surface area contributed by atoms with Gasteiger partial charge in [0.1, 0.15) is 12.6 Å². The molecule has 1 saturated heterocycles. The molecule has 1 atom stereocenters. The van der Waals surface area contributed by atoms with Crippen molar-refractivity contribution in [3.63, 3.8) is 0 Å². The Labute approximate surface area is 134 Å². The molecule has 0 bridgehead atoms. The summed E-state index contributed by atoms with van der Waals surface area (Å²) in [5.41, 5.74) is 0.669. The number of rotatable bonds is 7. The number of ether oxygens (including phenoxy) is 2. The molecule has 1 heterocycles. The smallest absolute Gasteiger partial charge is 0.249 e. The number of para-hydroxylation sites is 1. The minimum Gasteiger partial charge on any atom is -0.382 e. The van der Waals surface area contributed by atoms with Gasteiger partial charge < -0.3 is 19.7 Å². The molecule has 1 aliphatic rings. The largest absolute Gasteiger partial charge is 0.382 e.